The van der Waals surface area contributed by atoms with E-state index in [1.54, 1.807) is 0 Å². The monoisotopic (exact) mass is 278 g/mol. The zero-order chi connectivity index (χ0) is 13.2. The predicted octanol–water partition coefficient (Wildman–Crippen LogP) is 3.65. The van der Waals surface area contributed by atoms with Gasteiger partial charge in [0.05, 0.1) is 0 Å². The predicted molar refractivity (Wildman–Crippen MR) is 82.0 cm³/mol. The SMILES string of the molecule is C[C@@H]1CC[C@@H](N2CCN(c3cccc(Cl)c3)CC2)C1. The summed E-state index contributed by atoms with van der Waals surface area (Å²) < 4.78 is 0. The number of piperazine rings is 1. The summed E-state index contributed by atoms with van der Waals surface area (Å²) in [5, 5.41) is 0.838. The molecule has 0 bridgehead atoms. The molecule has 1 aromatic carbocycles. The minimum absolute atomic E-state index is 0.838. The average molecular weight is 279 g/mol. The van der Waals surface area contributed by atoms with Gasteiger partial charge in [0.2, 0.25) is 0 Å². The molecule has 1 saturated carbocycles. The first-order valence-electron chi connectivity index (χ1n) is 7.47. The molecular weight excluding hydrogens is 256 g/mol. The molecule has 1 aliphatic heterocycles. The Labute approximate surface area is 121 Å². The number of hydrogen-bond acceptors (Lipinski definition) is 2. The Morgan fingerprint density at radius 2 is 1.89 bits per heavy atom. The third-order valence-corrected chi connectivity index (χ3v) is 4.91. The van der Waals surface area contributed by atoms with E-state index in [0.29, 0.717) is 0 Å². The average Bonchev–Trinajstić information content (AvgIpc) is 2.86. The summed E-state index contributed by atoms with van der Waals surface area (Å²) in [6.07, 6.45) is 4.22. The third kappa shape index (κ3) is 3.06. The van der Waals surface area contributed by atoms with Gasteiger partial charge in [0.25, 0.3) is 0 Å². The number of anilines is 1. The van der Waals surface area contributed by atoms with Crippen LogP contribution in [0.2, 0.25) is 5.02 Å². The number of hydrogen-bond donors (Lipinski definition) is 0. The van der Waals surface area contributed by atoms with Crippen LogP contribution in [0, 0.1) is 5.92 Å². The number of benzene rings is 1. The van der Waals surface area contributed by atoms with E-state index < -0.39 is 0 Å². The molecule has 19 heavy (non-hydrogen) atoms. The molecule has 0 radical (unpaired) electrons. The van der Waals surface area contributed by atoms with Crippen molar-refractivity contribution in [1.29, 1.82) is 0 Å². The second-order valence-electron chi connectivity index (χ2n) is 6.07. The molecule has 2 aliphatic rings. The summed E-state index contributed by atoms with van der Waals surface area (Å²) in [5.74, 6) is 0.927. The van der Waals surface area contributed by atoms with Gasteiger partial charge in [0.1, 0.15) is 0 Å². The Balaban J connectivity index is 1.57. The highest BCUT2D eigenvalue weighted by Crippen LogP contribution is 2.30. The Bertz CT molecular complexity index is 427. The fourth-order valence-corrected chi connectivity index (χ4v) is 3.71. The van der Waals surface area contributed by atoms with Gasteiger partial charge < -0.3 is 4.90 Å². The lowest BCUT2D eigenvalue weighted by Gasteiger charge is -2.39. The number of rotatable bonds is 2. The van der Waals surface area contributed by atoms with E-state index in [0.717, 1.165) is 30.1 Å². The maximum absolute atomic E-state index is 6.08. The van der Waals surface area contributed by atoms with Crippen molar-refractivity contribution >= 4 is 17.3 Å². The van der Waals surface area contributed by atoms with E-state index in [1.807, 2.05) is 12.1 Å². The largest absolute Gasteiger partial charge is 0.369 e. The van der Waals surface area contributed by atoms with Crippen LogP contribution in [0.25, 0.3) is 0 Å². The van der Waals surface area contributed by atoms with Crippen molar-refractivity contribution in [3.8, 4) is 0 Å². The molecule has 3 rings (SSSR count). The Morgan fingerprint density at radius 1 is 1.11 bits per heavy atom. The lowest BCUT2D eigenvalue weighted by atomic mass is 10.1. The maximum atomic E-state index is 6.08. The van der Waals surface area contributed by atoms with Crippen molar-refractivity contribution in [2.24, 2.45) is 5.92 Å². The smallest absolute Gasteiger partial charge is 0.0426 e. The summed E-state index contributed by atoms with van der Waals surface area (Å²) in [4.78, 5) is 5.16. The molecule has 2 fully saturated rings. The first-order valence-corrected chi connectivity index (χ1v) is 7.85. The van der Waals surface area contributed by atoms with Crippen LogP contribution in [0.5, 0.6) is 0 Å². The van der Waals surface area contributed by atoms with Crippen LogP contribution in [0.15, 0.2) is 24.3 Å². The zero-order valence-corrected chi connectivity index (χ0v) is 12.4. The molecule has 3 heteroatoms. The highest BCUT2D eigenvalue weighted by molar-refractivity contribution is 6.30. The van der Waals surface area contributed by atoms with Crippen molar-refractivity contribution < 1.29 is 0 Å². The summed E-state index contributed by atoms with van der Waals surface area (Å²) >= 11 is 6.08. The lowest BCUT2D eigenvalue weighted by molar-refractivity contribution is 0.184. The van der Waals surface area contributed by atoms with Gasteiger partial charge in [-0.3, -0.25) is 4.90 Å². The van der Waals surface area contributed by atoms with E-state index >= 15 is 0 Å². The molecule has 0 unspecified atom stereocenters. The van der Waals surface area contributed by atoms with Crippen LogP contribution < -0.4 is 4.90 Å². The highest BCUT2D eigenvalue weighted by Gasteiger charge is 2.29. The minimum atomic E-state index is 0.838. The molecule has 0 aromatic heterocycles. The fraction of sp³-hybridized carbons (Fsp3) is 0.625. The molecule has 0 N–H and O–H groups in total. The van der Waals surface area contributed by atoms with Crippen molar-refractivity contribution in [1.82, 2.24) is 4.90 Å². The molecule has 104 valence electrons. The Hall–Kier alpha value is -0.730. The van der Waals surface area contributed by atoms with E-state index in [4.69, 9.17) is 11.6 Å². The lowest BCUT2D eigenvalue weighted by Crippen LogP contribution is -2.49. The standard InChI is InChI=1S/C16H23ClN2/c1-13-5-6-16(11-13)19-9-7-18(8-10-19)15-4-2-3-14(17)12-15/h2-4,12-13,16H,5-11H2,1H3/t13-,16-/m1/s1. The Kier molecular flexibility index (Phi) is 3.99. The topological polar surface area (TPSA) is 6.48 Å². The van der Waals surface area contributed by atoms with Crippen molar-refractivity contribution in [3.63, 3.8) is 0 Å². The van der Waals surface area contributed by atoms with Crippen LogP contribution in [0.1, 0.15) is 26.2 Å². The third-order valence-electron chi connectivity index (χ3n) is 4.67. The molecule has 1 saturated heterocycles. The summed E-state index contributed by atoms with van der Waals surface area (Å²) in [5.41, 5.74) is 1.27. The zero-order valence-electron chi connectivity index (χ0n) is 11.7. The summed E-state index contributed by atoms with van der Waals surface area (Å²) in [7, 11) is 0. The van der Waals surface area contributed by atoms with E-state index in [2.05, 4.69) is 28.9 Å². The molecule has 1 aliphatic carbocycles. The molecular formula is C16H23ClN2. The Morgan fingerprint density at radius 3 is 2.53 bits per heavy atom. The van der Waals surface area contributed by atoms with Gasteiger partial charge >= 0.3 is 0 Å². The van der Waals surface area contributed by atoms with Gasteiger partial charge in [-0.1, -0.05) is 24.6 Å². The maximum Gasteiger partial charge on any atom is 0.0426 e. The quantitative estimate of drug-likeness (QED) is 0.815. The second kappa shape index (κ2) is 5.72. The van der Waals surface area contributed by atoms with Crippen LogP contribution in [-0.2, 0) is 0 Å². The van der Waals surface area contributed by atoms with Gasteiger partial charge in [-0.2, -0.15) is 0 Å². The fourth-order valence-electron chi connectivity index (χ4n) is 3.53. The van der Waals surface area contributed by atoms with Crippen molar-refractivity contribution in [2.45, 2.75) is 32.2 Å². The van der Waals surface area contributed by atoms with E-state index in [9.17, 15) is 0 Å². The minimum Gasteiger partial charge on any atom is -0.369 e. The van der Waals surface area contributed by atoms with Crippen LogP contribution in [-0.4, -0.2) is 37.1 Å². The van der Waals surface area contributed by atoms with Gasteiger partial charge in [0.15, 0.2) is 0 Å². The van der Waals surface area contributed by atoms with Gasteiger partial charge in [-0.15, -0.1) is 0 Å². The summed E-state index contributed by atoms with van der Waals surface area (Å²) in [6.45, 7) is 7.05. The molecule has 1 heterocycles. The summed E-state index contributed by atoms with van der Waals surface area (Å²) in [6, 6.07) is 9.08. The molecule has 2 nitrogen and oxygen atoms in total. The van der Waals surface area contributed by atoms with Crippen molar-refractivity contribution in [3.05, 3.63) is 29.3 Å². The van der Waals surface area contributed by atoms with Crippen LogP contribution in [0.3, 0.4) is 0 Å². The molecule has 1 aromatic rings. The van der Waals surface area contributed by atoms with Crippen molar-refractivity contribution in [2.75, 3.05) is 31.1 Å². The molecule has 2 atom stereocenters. The number of halogens is 1. The van der Waals surface area contributed by atoms with Gasteiger partial charge in [0, 0.05) is 42.9 Å². The van der Waals surface area contributed by atoms with E-state index in [1.165, 1.54) is 38.0 Å². The van der Waals surface area contributed by atoms with Gasteiger partial charge in [-0.25, -0.2) is 0 Å². The first-order chi connectivity index (χ1) is 9.22. The normalized spacial score (nSPS) is 28.8. The number of nitrogens with zero attached hydrogens (tertiary/aromatic N) is 2. The second-order valence-corrected chi connectivity index (χ2v) is 6.51. The van der Waals surface area contributed by atoms with E-state index in [-0.39, 0.29) is 0 Å². The molecule has 0 amide bonds. The first kappa shape index (κ1) is 13.3. The van der Waals surface area contributed by atoms with Crippen LogP contribution >= 0.6 is 11.6 Å². The van der Waals surface area contributed by atoms with Gasteiger partial charge in [-0.05, 0) is 43.4 Å². The van der Waals surface area contributed by atoms with Crippen LogP contribution in [0.4, 0.5) is 5.69 Å². The molecule has 0 spiro atoms. The highest BCUT2D eigenvalue weighted by atomic mass is 35.5.